The van der Waals surface area contributed by atoms with Crippen molar-refractivity contribution in [3.63, 3.8) is 0 Å². The maximum absolute atomic E-state index is 11.2. The monoisotopic (exact) mass is 386 g/mol. The quantitative estimate of drug-likeness (QED) is 0.563. The first-order valence-electron chi connectivity index (χ1n) is 10.00. The van der Waals surface area contributed by atoms with Gasteiger partial charge in [-0.15, -0.1) is 0 Å². The lowest BCUT2D eigenvalue weighted by Gasteiger charge is -2.44. The molecule has 0 aromatic carbocycles. The lowest BCUT2D eigenvalue weighted by atomic mass is 9.74. The van der Waals surface area contributed by atoms with Crippen molar-refractivity contribution in [1.29, 1.82) is 0 Å². The zero-order valence-corrected chi connectivity index (χ0v) is 19.5. The summed E-state index contributed by atoms with van der Waals surface area (Å²) in [4.78, 5) is 11.2. The minimum absolute atomic E-state index is 0.166. The molecule has 6 heteroatoms. The molecule has 26 heavy (non-hydrogen) atoms. The van der Waals surface area contributed by atoms with Gasteiger partial charge >= 0.3 is 6.09 Å². The summed E-state index contributed by atoms with van der Waals surface area (Å²) in [5, 5.41) is 15.8. The van der Waals surface area contributed by atoms with Gasteiger partial charge in [0.1, 0.15) is 0 Å². The van der Waals surface area contributed by atoms with Crippen LogP contribution in [0.5, 0.6) is 0 Å². The molecule has 1 fully saturated rings. The third-order valence-corrected chi connectivity index (χ3v) is 11.3. The Kier molecular flexibility index (Phi) is 7.39. The summed E-state index contributed by atoms with van der Waals surface area (Å²) in [5.41, 5.74) is -0.672. The predicted molar refractivity (Wildman–Crippen MR) is 111 cm³/mol. The Balaban J connectivity index is 2.55. The molecule has 1 amide bonds. The van der Waals surface area contributed by atoms with Gasteiger partial charge in [-0.05, 0) is 56.2 Å². The minimum atomic E-state index is -1.70. The first-order valence-corrected chi connectivity index (χ1v) is 12.9. The summed E-state index contributed by atoms with van der Waals surface area (Å²) >= 11 is 0. The van der Waals surface area contributed by atoms with Crippen molar-refractivity contribution >= 4 is 14.4 Å². The van der Waals surface area contributed by atoms with E-state index in [-0.39, 0.29) is 10.5 Å². The standard InChI is InChI=1S/C20H42N2O3Si/c1-18(2,3)20(7,22-17(23)24)14-21-15-10-12-16(13-11-15)25-26(8,9)19(4,5)6/h15-16,21-22H,10-14H2,1-9H3,(H,23,24)/t15?,16?,20-/m0/s1. The Hall–Kier alpha value is -0.593. The molecule has 1 saturated carbocycles. The van der Waals surface area contributed by atoms with Crippen LogP contribution in [0.2, 0.25) is 18.1 Å². The second kappa shape index (κ2) is 8.19. The van der Waals surface area contributed by atoms with Gasteiger partial charge in [-0.1, -0.05) is 41.5 Å². The molecule has 0 aromatic heterocycles. The lowest BCUT2D eigenvalue weighted by molar-refractivity contribution is 0.107. The van der Waals surface area contributed by atoms with Crippen LogP contribution in [0.15, 0.2) is 0 Å². The Morgan fingerprint density at radius 1 is 1.04 bits per heavy atom. The number of hydrogen-bond acceptors (Lipinski definition) is 3. The Morgan fingerprint density at radius 3 is 1.92 bits per heavy atom. The van der Waals surface area contributed by atoms with Crippen LogP contribution in [-0.2, 0) is 4.43 Å². The second-order valence-corrected chi connectivity index (χ2v) is 15.5. The third kappa shape index (κ3) is 6.24. The summed E-state index contributed by atoms with van der Waals surface area (Å²) < 4.78 is 6.56. The highest BCUT2D eigenvalue weighted by molar-refractivity contribution is 6.74. The molecule has 0 saturated heterocycles. The summed E-state index contributed by atoms with van der Waals surface area (Å²) in [5.74, 6) is 0. The average Bonchev–Trinajstić information content (AvgIpc) is 2.43. The molecule has 0 bridgehead atoms. The van der Waals surface area contributed by atoms with Crippen molar-refractivity contribution < 1.29 is 14.3 Å². The van der Waals surface area contributed by atoms with E-state index in [1.807, 2.05) is 6.92 Å². The smallest absolute Gasteiger partial charge is 0.405 e. The van der Waals surface area contributed by atoms with Gasteiger partial charge in [0.25, 0.3) is 0 Å². The van der Waals surface area contributed by atoms with Crippen molar-refractivity contribution in [1.82, 2.24) is 10.6 Å². The average molecular weight is 387 g/mol. The maximum Gasteiger partial charge on any atom is 0.405 e. The summed E-state index contributed by atoms with van der Waals surface area (Å²) in [6.45, 7) is 20.4. The largest absolute Gasteiger partial charge is 0.465 e. The number of nitrogens with one attached hydrogen (secondary N) is 2. The second-order valence-electron chi connectivity index (χ2n) is 10.7. The topological polar surface area (TPSA) is 70.6 Å². The number of carboxylic acid groups (broad SMARTS) is 1. The van der Waals surface area contributed by atoms with E-state index in [0.717, 1.165) is 25.7 Å². The normalized spacial score (nSPS) is 24.8. The van der Waals surface area contributed by atoms with Gasteiger partial charge in [0.15, 0.2) is 8.32 Å². The van der Waals surface area contributed by atoms with Crippen LogP contribution in [0.25, 0.3) is 0 Å². The maximum atomic E-state index is 11.2. The zero-order valence-electron chi connectivity index (χ0n) is 18.5. The van der Waals surface area contributed by atoms with Gasteiger partial charge in [-0.2, -0.15) is 0 Å². The highest BCUT2D eigenvalue weighted by atomic mass is 28.4. The van der Waals surface area contributed by atoms with Crippen LogP contribution in [0.3, 0.4) is 0 Å². The van der Waals surface area contributed by atoms with E-state index < -0.39 is 19.9 Å². The summed E-state index contributed by atoms with van der Waals surface area (Å²) in [7, 11) is -1.70. The van der Waals surface area contributed by atoms with Gasteiger partial charge in [0, 0.05) is 18.7 Å². The van der Waals surface area contributed by atoms with E-state index in [0.29, 0.717) is 18.7 Å². The van der Waals surface area contributed by atoms with Crippen molar-refractivity contribution in [3.8, 4) is 0 Å². The molecule has 0 radical (unpaired) electrons. The molecule has 0 unspecified atom stereocenters. The fraction of sp³-hybridized carbons (Fsp3) is 0.950. The number of amides is 1. The van der Waals surface area contributed by atoms with E-state index in [9.17, 15) is 9.90 Å². The first-order chi connectivity index (χ1) is 11.6. The van der Waals surface area contributed by atoms with E-state index in [4.69, 9.17) is 4.43 Å². The Bertz CT molecular complexity index is 474. The van der Waals surface area contributed by atoms with Crippen molar-refractivity contribution in [2.75, 3.05) is 6.54 Å². The summed E-state index contributed by atoms with van der Waals surface area (Å²) in [6, 6.07) is 0.437. The fourth-order valence-electron chi connectivity index (χ4n) is 3.06. The minimum Gasteiger partial charge on any atom is -0.465 e. The fourth-order valence-corrected chi connectivity index (χ4v) is 4.48. The van der Waals surface area contributed by atoms with E-state index in [2.05, 4.69) is 65.3 Å². The molecule has 0 heterocycles. The number of hydrogen-bond donors (Lipinski definition) is 3. The van der Waals surface area contributed by atoms with E-state index in [1.165, 1.54) is 0 Å². The molecule has 0 aromatic rings. The van der Waals surface area contributed by atoms with Crippen LogP contribution in [0.4, 0.5) is 4.79 Å². The van der Waals surface area contributed by atoms with E-state index in [1.54, 1.807) is 0 Å². The van der Waals surface area contributed by atoms with Crippen LogP contribution in [0.1, 0.15) is 74.1 Å². The molecule has 0 aliphatic heterocycles. The molecule has 1 aliphatic carbocycles. The molecule has 3 N–H and O–H groups in total. The molecule has 5 nitrogen and oxygen atoms in total. The van der Waals surface area contributed by atoms with Gasteiger partial charge in [0.2, 0.25) is 0 Å². The van der Waals surface area contributed by atoms with Crippen molar-refractivity contribution in [2.45, 2.75) is 110 Å². The number of rotatable bonds is 6. The first kappa shape index (κ1) is 23.4. The molecule has 154 valence electrons. The lowest BCUT2D eigenvalue weighted by Crippen LogP contribution is -2.61. The van der Waals surface area contributed by atoms with Gasteiger partial charge < -0.3 is 20.2 Å². The third-order valence-electron chi connectivity index (χ3n) is 6.72. The predicted octanol–water partition coefficient (Wildman–Crippen LogP) is 4.98. The Labute approximate surface area is 161 Å². The van der Waals surface area contributed by atoms with Gasteiger partial charge in [0.05, 0.1) is 5.54 Å². The molecular formula is C20H42N2O3Si. The Morgan fingerprint density at radius 2 is 1.54 bits per heavy atom. The van der Waals surface area contributed by atoms with E-state index >= 15 is 0 Å². The zero-order chi connectivity index (χ0) is 20.4. The van der Waals surface area contributed by atoms with Crippen LogP contribution >= 0.6 is 0 Å². The van der Waals surface area contributed by atoms with Crippen molar-refractivity contribution in [3.05, 3.63) is 0 Å². The van der Waals surface area contributed by atoms with Crippen LogP contribution in [0, 0.1) is 5.41 Å². The van der Waals surface area contributed by atoms with Crippen LogP contribution in [-0.4, -0.2) is 43.7 Å². The van der Waals surface area contributed by atoms with Crippen molar-refractivity contribution in [2.24, 2.45) is 5.41 Å². The molecule has 1 aliphatic rings. The molecule has 0 spiro atoms. The van der Waals surface area contributed by atoms with Crippen LogP contribution < -0.4 is 10.6 Å². The molecule has 1 atom stereocenters. The SMILES string of the molecule is CC(C)(C)[C@](C)(CNC1CCC(O[Si](C)(C)C(C)(C)C)CC1)NC(=O)O. The molecule has 1 rings (SSSR count). The van der Waals surface area contributed by atoms with Gasteiger partial charge in [-0.25, -0.2) is 4.79 Å². The number of carbonyl (C=O) groups is 1. The van der Waals surface area contributed by atoms with Gasteiger partial charge in [-0.3, -0.25) is 0 Å². The highest BCUT2D eigenvalue weighted by Crippen LogP contribution is 2.39. The molecular weight excluding hydrogens is 344 g/mol. The highest BCUT2D eigenvalue weighted by Gasteiger charge is 2.41. The summed E-state index contributed by atoms with van der Waals surface area (Å²) in [6.07, 6.45) is 3.76.